The van der Waals surface area contributed by atoms with Gasteiger partial charge in [0.05, 0.1) is 11.4 Å². The smallest absolute Gasteiger partial charge is 0.413 e. The molecule has 0 spiro atoms. The summed E-state index contributed by atoms with van der Waals surface area (Å²) in [6.45, 7) is 1.03. The summed E-state index contributed by atoms with van der Waals surface area (Å²) in [4.78, 5) is 48.1. The molecule has 0 radical (unpaired) electrons. The topological polar surface area (TPSA) is 154 Å². The summed E-state index contributed by atoms with van der Waals surface area (Å²) in [5.74, 6) is -1.67. The molecular formula is C24H27Cl2N3O8. The second-order valence-electron chi connectivity index (χ2n) is 7.58. The van der Waals surface area contributed by atoms with E-state index in [1.54, 1.807) is 24.3 Å². The molecule has 0 aliphatic carbocycles. The van der Waals surface area contributed by atoms with Gasteiger partial charge in [-0.2, -0.15) is 0 Å². The SMILES string of the molecule is O=C(O)CC[C@H](NC(=O)Oc1ccc(COC(=O)Nc2ccccc2N(CCCl)CCCl)cc1)C(=O)O. The van der Waals surface area contributed by atoms with Gasteiger partial charge in [-0.1, -0.05) is 24.3 Å². The van der Waals surface area contributed by atoms with E-state index in [-0.39, 0.29) is 18.8 Å². The summed E-state index contributed by atoms with van der Waals surface area (Å²) in [6, 6.07) is 11.8. The summed E-state index contributed by atoms with van der Waals surface area (Å²) in [7, 11) is 0. The van der Waals surface area contributed by atoms with E-state index < -0.39 is 36.6 Å². The van der Waals surface area contributed by atoms with Crippen LogP contribution in [0.15, 0.2) is 48.5 Å². The fourth-order valence-corrected chi connectivity index (χ4v) is 3.57. The number of hydrogen-bond acceptors (Lipinski definition) is 7. The minimum absolute atomic E-state index is 0.0656. The van der Waals surface area contributed by atoms with Gasteiger partial charge in [0.2, 0.25) is 0 Å². The van der Waals surface area contributed by atoms with Gasteiger partial charge in [-0.15, -0.1) is 23.2 Å². The fourth-order valence-electron chi connectivity index (χ4n) is 3.16. The van der Waals surface area contributed by atoms with Gasteiger partial charge in [0.15, 0.2) is 0 Å². The van der Waals surface area contributed by atoms with Crippen molar-refractivity contribution in [3.05, 3.63) is 54.1 Å². The van der Waals surface area contributed by atoms with Gasteiger partial charge >= 0.3 is 24.1 Å². The number of carbonyl (C=O) groups is 4. The van der Waals surface area contributed by atoms with Gasteiger partial charge in [0.1, 0.15) is 18.4 Å². The molecule has 0 unspecified atom stereocenters. The molecule has 0 fully saturated rings. The van der Waals surface area contributed by atoms with Crippen LogP contribution < -0.4 is 20.3 Å². The Kier molecular flexibility index (Phi) is 12.3. The number of nitrogens with one attached hydrogen (secondary N) is 2. The molecule has 0 bridgehead atoms. The Morgan fingerprint density at radius 3 is 2.16 bits per heavy atom. The number of benzene rings is 2. The predicted octanol–water partition coefficient (Wildman–Crippen LogP) is 4.13. The van der Waals surface area contributed by atoms with Crippen molar-refractivity contribution in [2.45, 2.75) is 25.5 Å². The Morgan fingerprint density at radius 2 is 1.57 bits per heavy atom. The molecule has 1 atom stereocenters. The Hall–Kier alpha value is -3.70. The maximum Gasteiger partial charge on any atom is 0.413 e. The lowest BCUT2D eigenvalue weighted by Gasteiger charge is -2.25. The van der Waals surface area contributed by atoms with E-state index in [9.17, 15) is 19.2 Å². The zero-order chi connectivity index (χ0) is 27.2. The second kappa shape index (κ2) is 15.4. The summed E-state index contributed by atoms with van der Waals surface area (Å²) in [5.41, 5.74) is 1.90. The molecule has 200 valence electrons. The number of carboxylic acid groups (broad SMARTS) is 2. The van der Waals surface area contributed by atoms with Crippen LogP contribution in [0.2, 0.25) is 0 Å². The molecule has 2 amide bonds. The lowest BCUT2D eigenvalue weighted by Crippen LogP contribution is -2.42. The maximum atomic E-state index is 12.4. The number of hydrogen-bond donors (Lipinski definition) is 4. The minimum atomic E-state index is -1.41. The standard InChI is InChI=1S/C24H27Cl2N3O8/c25-11-13-29(14-12-26)20-4-2-1-3-18(20)27-23(34)36-15-16-5-7-17(8-6-16)37-24(35)28-19(22(32)33)9-10-21(30)31/h1-8,19H,9-15H2,(H,27,34)(H,28,35)(H,30,31)(H,32,33)/t19-/m0/s1. The number of carboxylic acids is 2. The van der Waals surface area contributed by atoms with Gasteiger partial charge in [-0.25, -0.2) is 14.4 Å². The van der Waals surface area contributed by atoms with E-state index in [1.807, 2.05) is 17.0 Å². The minimum Gasteiger partial charge on any atom is -0.481 e. The van der Waals surface area contributed by atoms with Crippen molar-refractivity contribution in [1.82, 2.24) is 5.32 Å². The highest BCUT2D eigenvalue weighted by Crippen LogP contribution is 2.26. The molecule has 0 saturated heterocycles. The Labute approximate surface area is 223 Å². The molecule has 13 heteroatoms. The number of rotatable bonds is 14. The van der Waals surface area contributed by atoms with E-state index in [2.05, 4.69) is 10.6 Å². The third-order valence-corrected chi connectivity index (χ3v) is 5.27. The van der Waals surface area contributed by atoms with Crippen molar-refractivity contribution in [3.63, 3.8) is 0 Å². The third-order valence-electron chi connectivity index (χ3n) is 4.93. The number of aliphatic carboxylic acids is 2. The van der Waals surface area contributed by atoms with Gasteiger partial charge in [0.25, 0.3) is 0 Å². The Balaban J connectivity index is 1.89. The molecule has 2 aromatic rings. The average Bonchev–Trinajstić information content (AvgIpc) is 2.86. The molecule has 2 aromatic carbocycles. The number of ether oxygens (including phenoxy) is 2. The molecule has 0 saturated carbocycles. The van der Waals surface area contributed by atoms with E-state index in [4.69, 9.17) is 42.9 Å². The number of alkyl halides is 2. The van der Waals surface area contributed by atoms with Gasteiger partial charge in [-0.05, 0) is 36.2 Å². The number of carbonyl (C=O) groups excluding carboxylic acids is 2. The Morgan fingerprint density at radius 1 is 0.919 bits per heavy atom. The van der Waals surface area contributed by atoms with E-state index in [1.165, 1.54) is 12.1 Å². The van der Waals surface area contributed by atoms with Crippen LogP contribution in [0.5, 0.6) is 5.75 Å². The fraction of sp³-hybridized carbons (Fsp3) is 0.333. The summed E-state index contributed by atoms with van der Waals surface area (Å²) >= 11 is 11.8. The van der Waals surface area contributed by atoms with Crippen molar-refractivity contribution in [1.29, 1.82) is 0 Å². The van der Waals surface area contributed by atoms with Crippen LogP contribution in [0.3, 0.4) is 0 Å². The van der Waals surface area contributed by atoms with Crippen LogP contribution in [-0.2, 0) is 20.9 Å². The van der Waals surface area contributed by atoms with E-state index >= 15 is 0 Å². The summed E-state index contributed by atoms with van der Waals surface area (Å²) in [5, 5.41) is 22.6. The zero-order valence-electron chi connectivity index (χ0n) is 19.7. The quantitative estimate of drug-likeness (QED) is 0.252. The first-order valence-electron chi connectivity index (χ1n) is 11.1. The highest BCUT2D eigenvalue weighted by Gasteiger charge is 2.22. The molecule has 0 aliphatic heterocycles. The molecule has 0 aromatic heterocycles. The van der Waals surface area contributed by atoms with Crippen molar-refractivity contribution in [3.8, 4) is 5.75 Å². The number of amides is 2. The van der Waals surface area contributed by atoms with Crippen LogP contribution in [0.1, 0.15) is 18.4 Å². The molecule has 0 heterocycles. The largest absolute Gasteiger partial charge is 0.481 e. The van der Waals surface area contributed by atoms with Crippen LogP contribution >= 0.6 is 23.2 Å². The number of para-hydroxylation sites is 2. The van der Waals surface area contributed by atoms with Gasteiger partial charge in [0, 0.05) is 31.3 Å². The number of halogens is 2. The molecule has 11 nitrogen and oxygen atoms in total. The van der Waals surface area contributed by atoms with E-state index in [0.29, 0.717) is 36.1 Å². The lowest BCUT2D eigenvalue weighted by molar-refractivity contribution is -0.140. The lowest BCUT2D eigenvalue weighted by atomic mass is 10.1. The second-order valence-corrected chi connectivity index (χ2v) is 8.34. The number of nitrogens with zero attached hydrogens (tertiary/aromatic N) is 1. The average molecular weight is 556 g/mol. The Bertz CT molecular complexity index is 1060. The van der Waals surface area contributed by atoms with E-state index in [0.717, 1.165) is 5.69 Å². The van der Waals surface area contributed by atoms with Crippen molar-refractivity contribution < 1.29 is 38.9 Å². The monoisotopic (exact) mass is 555 g/mol. The van der Waals surface area contributed by atoms with Crippen LogP contribution in [0, 0.1) is 0 Å². The first-order valence-corrected chi connectivity index (χ1v) is 12.2. The first kappa shape index (κ1) is 29.5. The van der Waals surface area contributed by atoms with Crippen LogP contribution in [0.25, 0.3) is 0 Å². The zero-order valence-corrected chi connectivity index (χ0v) is 21.2. The highest BCUT2D eigenvalue weighted by molar-refractivity contribution is 6.18. The van der Waals surface area contributed by atoms with Crippen LogP contribution in [0.4, 0.5) is 21.0 Å². The predicted molar refractivity (Wildman–Crippen MR) is 138 cm³/mol. The molecule has 2 rings (SSSR count). The van der Waals surface area contributed by atoms with Gasteiger partial charge in [-0.3, -0.25) is 10.1 Å². The normalized spacial score (nSPS) is 11.2. The maximum absolute atomic E-state index is 12.4. The molecular weight excluding hydrogens is 529 g/mol. The van der Waals surface area contributed by atoms with Crippen molar-refractivity contribution in [2.24, 2.45) is 0 Å². The molecule has 37 heavy (non-hydrogen) atoms. The third kappa shape index (κ3) is 10.4. The highest BCUT2D eigenvalue weighted by atomic mass is 35.5. The summed E-state index contributed by atoms with van der Waals surface area (Å²) < 4.78 is 10.3. The first-order chi connectivity index (χ1) is 17.7. The van der Waals surface area contributed by atoms with Gasteiger partial charge < -0.3 is 29.9 Å². The van der Waals surface area contributed by atoms with Crippen molar-refractivity contribution >= 4 is 58.7 Å². The molecule has 0 aliphatic rings. The molecule has 4 N–H and O–H groups in total. The van der Waals surface area contributed by atoms with Crippen molar-refractivity contribution in [2.75, 3.05) is 35.1 Å². The van der Waals surface area contributed by atoms with Crippen LogP contribution in [-0.4, -0.2) is 65.2 Å². The summed E-state index contributed by atoms with van der Waals surface area (Å²) in [6.07, 6.45) is -2.44. The number of anilines is 2.